The van der Waals surface area contributed by atoms with Crippen molar-refractivity contribution in [3.05, 3.63) is 18.0 Å². The highest BCUT2D eigenvalue weighted by molar-refractivity contribution is 5.18. The molecule has 2 bridgehead atoms. The van der Waals surface area contributed by atoms with Crippen LogP contribution in [0.3, 0.4) is 0 Å². The van der Waals surface area contributed by atoms with Crippen LogP contribution < -0.4 is 5.32 Å². The Labute approximate surface area is 109 Å². The summed E-state index contributed by atoms with van der Waals surface area (Å²) in [6, 6.07) is 0.674. The first-order chi connectivity index (χ1) is 8.78. The first kappa shape index (κ1) is 11.0. The topological polar surface area (TPSA) is 29.9 Å². The maximum atomic E-state index is 4.29. The zero-order chi connectivity index (χ0) is 12.3. The van der Waals surface area contributed by atoms with Gasteiger partial charge in [0.1, 0.15) is 0 Å². The molecule has 0 saturated heterocycles. The van der Waals surface area contributed by atoms with E-state index in [-0.39, 0.29) is 0 Å². The van der Waals surface area contributed by atoms with Crippen molar-refractivity contribution in [2.24, 2.45) is 36.6 Å². The number of hydrogen-bond donors (Lipinski definition) is 1. The predicted octanol–water partition coefficient (Wildman–Crippen LogP) is 1.84. The Bertz CT molecular complexity index is 436. The number of hydrogen-bond acceptors (Lipinski definition) is 2. The highest BCUT2D eigenvalue weighted by atomic mass is 15.2. The number of rotatable bonds is 4. The molecule has 3 saturated carbocycles. The molecule has 0 spiro atoms. The molecule has 3 aliphatic rings. The summed E-state index contributed by atoms with van der Waals surface area (Å²) < 4.78 is 1.92. The minimum absolute atomic E-state index is 0.674. The summed E-state index contributed by atoms with van der Waals surface area (Å²) in [5.74, 6) is 5.25. The summed E-state index contributed by atoms with van der Waals surface area (Å²) in [5, 5.41) is 7.87. The van der Waals surface area contributed by atoms with Gasteiger partial charge in [0.25, 0.3) is 0 Å². The Balaban J connectivity index is 1.47. The highest BCUT2D eigenvalue weighted by Crippen LogP contribution is 2.70. The molecule has 1 aromatic heterocycles. The van der Waals surface area contributed by atoms with E-state index in [1.165, 1.54) is 18.4 Å². The van der Waals surface area contributed by atoms with Crippen LogP contribution in [0.2, 0.25) is 0 Å². The fourth-order valence-electron chi connectivity index (χ4n) is 5.19. The maximum Gasteiger partial charge on any atom is 0.0522 e. The first-order valence-corrected chi connectivity index (χ1v) is 7.42. The van der Waals surface area contributed by atoms with Crippen molar-refractivity contribution in [1.29, 1.82) is 0 Å². The van der Waals surface area contributed by atoms with E-state index in [2.05, 4.69) is 23.7 Å². The summed E-state index contributed by atoms with van der Waals surface area (Å²) in [6.45, 7) is 0. The van der Waals surface area contributed by atoms with Gasteiger partial charge in [-0.25, -0.2) is 0 Å². The van der Waals surface area contributed by atoms with E-state index >= 15 is 0 Å². The average Bonchev–Trinajstić information content (AvgIpc) is 2.71. The average molecular weight is 245 g/mol. The van der Waals surface area contributed by atoms with Crippen LogP contribution in [-0.4, -0.2) is 22.9 Å². The van der Waals surface area contributed by atoms with Gasteiger partial charge in [-0.3, -0.25) is 4.68 Å². The number of aryl methyl sites for hydroxylation is 1. The third-order valence-electron chi connectivity index (χ3n) is 5.84. The molecule has 1 N–H and O–H groups in total. The van der Waals surface area contributed by atoms with Crippen molar-refractivity contribution in [2.75, 3.05) is 7.05 Å². The molecule has 3 nitrogen and oxygen atoms in total. The number of nitrogens with one attached hydrogen (secondary N) is 1. The molecule has 5 atom stereocenters. The highest BCUT2D eigenvalue weighted by Gasteiger charge is 2.66. The fraction of sp³-hybridized carbons (Fsp3) is 0.800. The summed E-state index contributed by atoms with van der Waals surface area (Å²) in [5.41, 5.74) is 1.38. The minimum atomic E-state index is 0.674. The van der Waals surface area contributed by atoms with Crippen molar-refractivity contribution >= 4 is 0 Å². The predicted molar refractivity (Wildman–Crippen MR) is 71.1 cm³/mol. The Hall–Kier alpha value is -0.830. The van der Waals surface area contributed by atoms with E-state index in [9.17, 15) is 0 Å². The molecule has 5 unspecified atom stereocenters. The Morgan fingerprint density at radius 3 is 2.67 bits per heavy atom. The second-order valence-electron chi connectivity index (χ2n) is 6.69. The van der Waals surface area contributed by atoms with Gasteiger partial charge in [-0.1, -0.05) is 0 Å². The zero-order valence-corrected chi connectivity index (χ0v) is 11.3. The molecule has 3 aliphatic carbocycles. The van der Waals surface area contributed by atoms with Gasteiger partial charge in [-0.15, -0.1) is 0 Å². The summed E-state index contributed by atoms with van der Waals surface area (Å²) in [6.07, 6.45) is 9.93. The maximum absolute atomic E-state index is 4.29. The van der Waals surface area contributed by atoms with Crippen molar-refractivity contribution in [3.8, 4) is 0 Å². The number of aromatic nitrogens is 2. The lowest BCUT2D eigenvalue weighted by Gasteiger charge is -2.19. The summed E-state index contributed by atoms with van der Waals surface area (Å²) in [7, 11) is 4.14. The van der Waals surface area contributed by atoms with Crippen molar-refractivity contribution in [3.63, 3.8) is 0 Å². The Morgan fingerprint density at radius 1 is 1.39 bits per heavy atom. The molecular formula is C15H23N3. The lowest BCUT2D eigenvalue weighted by Crippen LogP contribution is -2.32. The summed E-state index contributed by atoms with van der Waals surface area (Å²) in [4.78, 5) is 0. The van der Waals surface area contributed by atoms with Crippen LogP contribution in [0.1, 0.15) is 24.8 Å². The Morgan fingerprint density at radius 2 is 2.11 bits per heavy atom. The van der Waals surface area contributed by atoms with E-state index in [1.807, 2.05) is 17.9 Å². The van der Waals surface area contributed by atoms with Crippen LogP contribution in [0.15, 0.2) is 12.4 Å². The van der Waals surface area contributed by atoms with Gasteiger partial charge in [0, 0.05) is 19.3 Å². The van der Waals surface area contributed by atoms with Crippen LogP contribution in [0.5, 0.6) is 0 Å². The van der Waals surface area contributed by atoms with Gasteiger partial charge in [-0.05, 0) is 67.9 Å². The van der Waals surface area contributed by atoms with E-state index in [0.29, 0.717) is 6.04 Å². The second-order valence-corrected chi connectivity index (χ2v) is 6.69. The minimum Gasteiger partial charge on any atom is -0.316 e. The smallest absolute Gasteiger partial charge is 0.0522 e. The van der Waals surface area contributed by atoms with Crippen molar-refractivity contribution in [2.45, 2.75) is 31.7 Å². The van der Waals surface area contributed by atoms with E-state index in [0.717, 1.165) is 36.0 Å². The molecule has 18 heavy (non-hydrogen) atoms. The van der Waals surface area contributed by atoms with Crippen LogP contribution in [0.4, 0.5) is 0 Å². The molecule has 0 radical (unpaired) electrons. The van der Waals surface area contributed by atoms with Gasteiger partial charge >= 0.3 is 0 Å². The van der Waals surface area contributed by atoms with E-state index < -0.39 is 0 Å². The van der Waals surface area contributed by atoms with Gasteiger partial charge in [0.05, 0.1) is 6.20 Å². The van der Waals surface area contributed by atoms with Crippen molar-refractivity contribution < 1.29 is 0 Å². The number of likely N-dealkylation sites (N-methyl/N-ethyl adjacent to an activating group) is 1. The zero-order valence-electron chi connectivity index (χ0n) is 11.3. The molecule has 0 aliphatic heterocycles. The molecule has 98 valence electrons. The van der Waals surface area contributed by atoms with Crippen LogP contribution in [0, 0.1) is 29.6 Å². The molecule has 1 heterocycles. The van der Waals surface area contributed by atoms with Gasteiger partial charge in [-0.2, -0.15) is 5.10 Å². The lowest BCUT2D eigenvalue weighted by molar-refractivity contribution is 0.376. The molecule has 4 rings (SSSR count). The quantitative estimate of drug-likeness (QED) is 0.877. The van der Waals surface area contributed by atoms with Crippen LogP contribution >= 0.6 is 0 Å². The molecule has 1 aromatic rings. The first-order valence-electron chi connectivity index (χ1n) is 7.42. The fourth-order valence-corrected chi connectivity index (χ4v) is 5.19. The standard InChI is InChI=1S/C15H23N3/c1-16-12(5-9-7-17-18(2)8-9)15-13-10-3-4-11(6-10)14(13)15/h7-8,10-16H,3-6H2,1-2H3. The van der Waals surface area contributed by atoms with Gasteiger partial charge in [0.2, 0.25) is 0 Å². The van der Waals surface area contributed by atoms with Crippen LogP contribution in [-0.2, 0) is 13.5 Å². The summed E-state index contributed by atoms with van der Waals surface area (Å²) >= 11 is 0. The monoisotopic (exact) mass is 245 g/mol. The third-order valence-corrected chi connectivity index (χ3v) is 5.84. The second kappa shape index (κ2) is 3.83. The lowest BCUT2D eigenvalue weighted by atomic mass is 9.94. The largest absolute Gasteiger partial charge is 0.316 e. The molecule has 0 amide bonds. The van der Waals surface area contributed by atoms with E-state index in [4.69, 9.17) is 0 Å². The SMILES string of the molecule is CNC(Cc1cnn(C)c1)C1C2C3CCC(C3)C21. The molecule has 3 heteroatoms. The van der Waals surface area contributed by atoms with E-state index in [1.54, 1.807) is 6.42 Å². The number of fused-ring (bicyclic) bond motifs is 5. The third kappa shape index (κ3) is 1.49. The number of nitrogens with zero attached hydrogens (tertiary/aromatic N) is 2. The van der Waals surface area contributed by atoms with Gasteiger partial charge in [0.15, 0.2) is 0 Å². The normalized spacial score (nSPS) is 42.0. The molecular weight excluding hydrogens is 222 g/mol. The molecule has 0 aromatic carbocycles. The van der Waals surface area contributed by atoms with Crippen LogP contribution in [0.25, 0.3) is 0 Å². The van der Waals surface area contributed by atoms with Crippen molar-refractivity contribution in [1.82, 2.24) is 15.1 Å². The van der Waals surface area contributed by atoms with Gasteiger partial charge < -0.3 is 5.32 Å². The molecule has 3 fully saturated rings. The Kier molecular flexibility index (Phi) is 2.35.